The number of carbonyl (C=O) groups excluding carboxylic acids is 1. The molecule has 4 aliphatic rings. The zero-order valence-electron chi connectivity index (χ0n) is 12.3. The van der Waals surface area contributed by atoms with E-state index in [1.54, 1.807) is 6.07 Å². The third-order valence-electron chi connectivity index (χ3n) is 6.02. The first-order valence-electron chi connectivity index (χ1n) is 8.11. The van der Waals surface area contributed by atoms with Gasteiger partial charge in [0.05, 0.1) is 5.69 Å². The summed E-state index contributed by atoms with van der Waals surface area (Å²) in [7, 11) is 0. The molecule has 2 nitrogen and oxygen atoms in total. The van der Waals surface area contributed by atoms with Gasteiger partial charge in [-0.05, 0) is 79.9 Å². The predicted molar refractivity (Wildman–Crippen MR) is 80.4 cm³/mol. The van der Waals surface area contributed by atoms with Crippen LogP contribution in [0, 0.1) is 29.0 Å². The summed E-state index contributed by atoms with van der Waals surface area (Å²) in [4.78, 5) is 12.6. The van der Waals surface area contributed by atoms with Crippen LogP contribution < -0.4 is 5.73 Å². The standard InChI is InChI=1S/C18H22FNO/c19-15-6-14(1-2-16(15)20)17(21)10-18-7-11-3-12(8-18)5-13(4-11)9-18/h1-2,6,11-13H,3-5,7-10,20H2. The number of nitrogen functional groups attached to an aromatic ring is 1. The van der Waals surface area contributed by atoms with Gasteiger partial charge in [0.2, 0.25) is 0 Å². The molecule has 21 heavy (non-hydrogen) atoms. The van der Waals surface area contributed by atoms with E-state index in [0.29, 0.717) is 12.0 Å². The number of Topliss-reactive ketones (excluding diaryl/α,β-unsaturated/α-hetero) is 1. The largest absolute Gasteiger partial charge is 0.396 e. The van der Waals surface area contributed by atoms with Gasteiger partial charge in [-0.25, -0.2) is 4.39 Å². The molecular formula is C18H22FNO. The molecule has 0 spiro atoms. The highest BCUT2D eigenvalue weighted by Gasteiger charge is 2.51. The summed E-state index contributed by atoms with van der Waals surface area (Å²) in [5, 5.41) is 0. The fraction of sp³-hybridized carbons (Fsp3) is 0.611. The van der Waals surface area contributed by atoms with Gasteiger partial charge in [0.25, 0.3) is 0 Å². The summed E-state index contributed by atoms with van der Waals surface area (Å²) in [6, 6.07) is 4.47. The Kier molecular flexibility index (Phi) is 2.88. The topological polar surface area (TPSA) is 43.1 Å². The second kappa shape index (κ2) is 4.56. The second-order valence-electron chi connectivity index (χ2n) is 7.75. The molecule has 0 amide bonds. The quantitative estimate of drug-likeness (QED) is 0.669. The van der Waals surface area contributed by atoms with Crippen LogP contribution in [0.5, 0.6) is 0 Å². The molecule has 1 aromatic carbocycles. The summed E-state index contributed by atoms with van der Waals surface area (Å²) < 4.78 is 13.6. The van der Waals surface area contributed by atoms with Crippen LogP contribution in [-0.2, 0) is 0 Å². The molecule has 0 radical (unpaired) electrons. The van der Waals surface area contributed by atoms with Gasteiger partial charge in [0, 0.05) is 12.0 Å². The van der Waals surface area contributed by atoms with E-state index >= 15 is 0 Å². The van der Waals surface area contributed by atoms with Crippen molar-refractivity contribution in [2.45, 2.75) is 44.9 Å². The van der Waals surface area contributed by atoms with E-state index in [2.05, 4.69) is 0 Å². The minimum Gasteiger partial charge on any atom is -0.396 e. The number of anilines is 1. The van der Waals surface area contributed by atoms with Crippen LogP contribution >= 0.6 is 0 Å². The Balaban J connectivity index is 1.55. The lowest BCUT2D eigenvalue weighted by atomic mass is 9.48. The first-order valence-corrected chi connectivity index (χ1v) is 8.11. The summed E-state index contributed by atoms with van der Waals surface area (Å²) in [6.07, 6.45) is 8.37. The Hall–Kier alpha value is -1.38. The van der Waals surface area contributed by atoms with Gasteiger partial charge >= 0.3 is 0 Å². The third-order valence-corrected chi connectivity index (χ3v) is 6.02. The Morgan fingerprint density at radius 1 is 1.14 bits per heavy atom. The minimum absolute atomic E-state index is 0.0934. The molecule has 0 aromatic heterocycles. The number of benzene rings is 1. The minimum atomic E-state index is -0.480. The van der Waals surface area contributed by atoms with Crippen molar-refractivity contribution in [3.63, 3.8) is 0 Å². The number of rotatable bonds is 3. The van der Waals surface area contributed by atoms with Crippen LogP contribution in [0.15, 0.2) is 18.2 Å². The van der Waals surface area contributed by atoms with Gasteiger partial charge in [0.15, 0.2) is 5.78 Å². The second-order valence-corrected chi connectivity index (χ2v) is 7.75. The normalized spacial score (nSPS) is 36.9. The van der Waals surface area contributed by atoms with Crippen LogP contribution in [0.25, 0.3) is 0 Å². The van der Waals surface area contributed by atoms with Crippen molar-refractivity contribution in [1.82, 2.24) is 0 Å². The van der Waals surface area contributed by atoms with Crippen molar-refractivity contribution >= 4 is 11.5 Å². The lowest BCUT2D eigenvalue weighted by Crippen LogP contribution is -2.46. The SMILES string of the molecule is Nc1ccc(C(=O)CC23CC4CC(CC(C4)C2)C3)cc1F. The highest BCUT2D eigenvalue weighted by Crippen LogP contribution is 2.61. The third kappa shape index (κ3) is 2.27. The maximum absolute atomic E-state index is 13.6. The number of halogens is 1. The molecule has 4 saturated carbocycles. The van der Waals surface area contributed by atoms with E-state index in [4.69, 9.17) is 5.73 Å². The van der Waals surface area contributed by atoms with Gasteiger partial charge in [-0.2, -0.15) is 0 Å². The molecule has 0 aliphatic heterocycles. The van der Waals surface area contributed by atoms with Crippen LogP contribution in [0.2, 0.25) is 0 Å². The number of hydrogen-bond donors (Lipinski definition) is 1. The number of nitrogens with two attached hydrogens (primary N) is 1. The van der Waals surface area contributed by atoms with Gasteiger partial charge in [-0.15, -0.1) is 0 Å². The molecule has 5 rings (SSSR count). The Morgan fingerprint density at radius 3 is 2.24 bits per heavy atom. The Bertz CT molecular complexity index is 560. The monoisotopic (exact) mass is 287 g/mol. The van der Waals surface area contributed by atoms with E-state index in [9.17, 15) is 9.18 Å². The van der Waals surface area contributed by atoms with Gasteiger partial charge in [0.1, 0.15) is 5.82 Å². The first-order chi connectivity index (χ1) is 10.0. The average Bonchev–Trinajstić information content (AvgIpc) is 2.39. The Labute approximate surface area is 124 Å². The molecule has 112 valence electrons. The van der Waals surface area contributed by atoms with E-state index in [1.165, 1.54) is 50.7 Å². The highest BCUT2D eigenvalue weighted by atomic mass is 19.1. The summed E-state index contributed by atoms with van der Waals surface area (Å²) in [5.74, 6) is 2.13. The summed E-state index contributed by atoms with van der Waals surface area (Å²) in [6.45, 7) is 0. The number of ketones is 1. The van der Waals surface area contributed by atoms with Crippen molar-refractivity contribution in [2.75, 3.05) is 5.73 Å². The fourth-order valence-corrected chi connectivity index (χ4v) is 5.65. The molecule has 2 N–H and O–H groups in total. The smallest absolute Gasteiger partial charge is 0.163 e. The van der Waals surface area contributed by atoms with E-state index < -0.39 is 5.82 Å². The fourth-order valence-electron chi connectivity index (χ4n) is 5.65. The molecular weight excluding hydrogens is 265 g/mol. The average molecular weight is 287 g/mol. The van der Waals surface area contributed by atoms with Crippen molar-refractivity contribution in [1.29, 1.82) is 0 Å². The van der Waals surface area contributed by atoms with Gasteiger partial charge in [-0.1, -0.05) is 0 Å². The van der Waals surface area contributed by atoms with Gasteiger partial charge < -0.3 is 5.73 Å². The maximum atomic E-state index is 13.6. The summed E-state index contributed by atoms with van der Waals surface area (Å²) in [5.41, 5.74) is 6.30. The first kappa shape index (κ1) is 13.3. The summed E-state index contributed by atoms with van der Waals surface area (Å²) >= 11 is 0. The lowest BCUT2D eigenvalue weighted by Gasteiger charge is -2.56. The van der Waals surface area contributed by atoms with E-state index in [-0.39, 0.29) is 16.9 Å². The molecule has 1 aromatic rings. The maximum Gasteiger partial charge on any atom is 0.163 e. The van der Waals surface area contributed by atoms with Crippen LogP contribution in [-0.4, -0.2) is 5.78 Å². The molecule has 0 saturated heterocycles. The molecule has 4 fully saturated rings. The van der Waals surface area contributed by atoms with Crippen molar-refractivity contribution in [3.05, 3.63) is 29.6 Å². The number of carbonyl (C=O) groups is 1. The predicted octanol–water partition coefficient (Wildman–Crippen LogP) is 4.20. The number of hydrogen-bond acceptors (Lipinski definition) is 2. The van der Waals surface area contributed by atoms with Crippen molar-refractivity contribution in [2.24, 2.45) is 23.2 Å². The molecule has 0 atom stereocenters. The molecule has 3 heteroatoms. The van der Waals surface area contributed by atoms with Crippen molar-refractivity contribution < 1.29 is 9.18 Å². The zero-order chi connectivity index (χ0) is 14.6. The van der Waals surface area contributed by atoms with Gasteiger partial charge in [-0.3, -0.25) is 4.79 Å². The zero-order valence-corrected chi connectivity index (χ0v) is 12.3. The van der Waals surface area contributed by atoms with E-state index in [0.717, 1.165) is 17.8 Å². The molecule has 0 heterocycles. The molecule has 4 aliphatic carbocycles. The molecule has 4 bridgehead atoms. The molecule has 0 unspecified atom stereocenters. The van der Waals surface area contributed by atoms with Crippen LogP contribution in [0.1, 0.15) is 55.3 Å². The van der Waals surface area contributed by atoms with E-state index in [1.807, 2.05) is 0 Å². The highest BCUT2D eigenvalue weighted by molar-refractivity contribution is 5.96. The lowest BCUT2D eigenvalue weighted by molar-refractivity contribution is -0.0524. The van der Waals surface area contributed by atoms with Crippen LogP contribution in [0.4, 0.5) is 10.1 Å². The Morgan fingerprint density at radius 2 is 1.71 bits per heavy atom. The van der Waals surface area contributed by atoms with Crippen molar-refractivity contribution in [3.8, 4) is 0 Å². The van der Waals surface area contributed by atoms with Crippen LogP contribution in [0.3, 0.4) is 0 Å².